The molecule has 1 rings (SSSR count). The Morgan fingerprint density at radius 3 is 2.50 bits per heavy atom. The second kappa shape index (κ2) is 2.65. The molecule has 1 heterocycles. The van der Waals surface area contributed by atoms with Crippen LogP contribution in [0, 0.1) is 0 Å². The molecule has 0 aliphatic carbocycles. The Morgan fingerprint density at radius 1 is 1.70 bits per heavy atom. The Kier molecular flexibility index (Phi) is 2.18. The van der Waals surface area contributed by atoms with Crippen molar-refractivity contribution in [3.8, 4) is 0 Å². The number of hydrogen-bond acceptors (Lipinski definition) is 1. The molecule has 2 atom stereocenters. The van der Waals surface area contributed by atoms with Crippen molar-refractivity contribution in [2.45, 2.75) is 6.92 Å². The van der Waals surface area contributed by atoms with Crippen molar-refractivity contribution in [1.82, 2.24) is 4.67 Å². The predicted octanol–water partition coefficient (Wildman–Crippen LogP) is 0.788. The maximum absolute atomic E-state index is 11.5. The summed E-state index contributed by atoms with van der Waals surface area (Å²) in [6, 6.07) is 0. The van der Waals surface area contributed by atoms with Gasteiger partial charge < -0.3 is 0 Å². The highest BCUT2D eigenvalue weighted by Gasteiger charge is 2.36. The van der Waals surface area contributed by atoms with Gasteiger partial charge in [0.05, 0.1) is 26.7 Å². The minimum atomic E-state index is -1.50. The van der Waals surface area contributed by atoms with E-state index in [2.05, 4.69) is 14.0 Å². The molecular formula is C6H16N2OP+. The van der Waals surface area contributed by atoms with E-state index in [0.29, 0.717) is 0 Å². The molecule has 1 saturated heterocycles. The van der Waals surface area contributed by atoms with Gasteiger partial charge in [-0.15, -0.1) is 0 Å². The summed E-state index contributed by atoms with van der Waals surface area (Å²) in [7, 11) is 2.52. The molecule has 0 amide bonds. The molecule has 1 aliphatic heterocycles. The van der Waals surface area contributed by atoms with Crippen LogP contribution in [-0.2, 0) is 4.57 Å². The van der Waals surface area contributed by atoms with Crippen LogP contribution in [0.3, 0.4) is 0 Å². The standard InChI is InChI=1S/C6H16N2OP/c1-4-8(3)6-5-7(2)10(8)9/h10H,4-6H2,1-3H3/q+1. The van der Waals surface area contributed by atoms with Crippen molar-refractivity contribution in [3.63, 3.8) is 0 Å². The highest BCUT2D eigenvalue weighted by molar-refractivity contribution is 7.35. The lowest BCUT2D eigenvalue weighted by molar-refractivity contribution is -0.777. The van der Waals surface area contributed by atoms with Gasteiger partial charge in [-0.2, -0.15) is 0 Å². The van der Waals surface area contributed by atoms with E-state index in [9.17, 15) is 4.57 Å². The second-order valence-electron chi connectivity index (χ2n) is 3.14. The lowest BCUT2D eigenvalue weighted by Gasteiger charge is -2.25. The van der Waals surface area contributed by atoms with E-state index >= 15 is 0 Å². The van der Waals surface area contributed by atoms with Gasteiger partial charge in [0, 0.05) is 0 Å². The van der Waals surface area contributed by atoms with Crippen LogP contribution in [0.2, 0.25) is 0 Å². The van der Waals surface area contributed by atoms with Crippen molar-refractivity contribution in [1.29, 1.82) is 0 Å². The van der Waals surface area contributed by atoms with Gasteiger partial charge in [-0.3, -0.25) is 4.25 Å². The Morgan fingerprint density at radius 2 is 2.30 bits per heavy atom. The van der Waals surface area contributed by atoms with Crippen LogP contribution >= 0.6 is 8.10 Å². The number of nitrogens with zero attached hydrogens (tertiary/aromatic N) is 2. The van der Waals surface area contributed by atoms with E-state index < -0.39 is 8.10 Å². The number of quaternary nitrogens is 1. The van der Waals surface area contributed by atoms with Crippen LogP contribution < -0.4 is 0 Å². The van der Waals surface area contributed by atoms with Gasteiger partial charge in [0.1, 0.15) is 0 Å². The Bertz CT molecular complexity index is 162. The zero-order valence-electron chi connectivity index (χ0n) is 6.92. The lowest BCUT2D eigenvalue weighted by atomic mass is 10.5. The number of likely N-dealkylation sites (N-methyl/N-ethyl adjacent to an activating group) is 2. The average molecular weight is 163 g/mol. The molecule has 0 spiro atoms. The smallest absolute Gasteiger partial charge is 0.275 e. The molecule has 0 bridgehead atoms. The molecule has 1 fully saturated rings. The summed E-state index contributed by atoms with van der Waals surface area (Å²) < 4.78 is 14.3. The third-order valence-electron chi connectivity index (χ3n) is 2.42. The minimum Gasteiger partial charge on any atom is -0.275 e. The predicted molar refractivity (Wildman–Crippen MR) is 43.2 cm³/mol. The minimum absolute atomic E-state index is 0.765. The van der Waals surface area contributed by atoms with E-state index in [1.54, 1.807) is 0 Å². The largest absolute Gasteiger partial charge is 0.309 e. The SMILES string of the molecule is CC[N+]1(C)CCN(C)[PH]1=O. The molecule has 0 N–H and O–H groups in total. The Labute approximate surface area is 63.1 Å². The summed E-state index contributed by atoms with van der Waals surface area (Å²) in [4.78, 5) is 0. The van der Waals surface area contributed by atoms with Crippen LogP contribution in [0.15, 0.2) is 0 Å². The third-order valence-corrected chi connectivity index (χ3v) is 4.76. The van der Waals surface area contributed by atoms with Gasteiger partial charge >= 0.3 is 8.10 Å². The average Bonchev–Trinajstić information content (AvgIpc) is 2.19. The van der Waals surface area contributed by atoms with Crippen LogP contribution in [0.25, 0.3) is 0 Å². The molecule has 0 saturated carbocycles. The fourth-order valence-corrected chi connectivity index (χ4v) is 2.94. The lowest BCUT2D eigenvalue weighted by Crippen LogP contribution is -2.33. The van der Waals surface area contributed by atoms with Gasteiger partial charge in [-0.25, -0.2) is 9.24 Å². The summed E-state index contributed by atoms with van der Waals surface area (Å²) >= 11 is 0. The Hall–Kier alpha value is 0.150. The fourth-order valence-electron chi connectivity index (χ4n) is 1.27. The molecule has 10 heavy (non-hydrogen) atoms. The first-order valence-corrected chi connectivity index (χ1v) is 5.00. The zero-order valence-corrected chi connectivity index (χ0v) is 7.92. The van der Waals surface area contributed by atoms with Gasteiger partial charge in [0.25, 0.3) is 0 Å². The van der Waals surface area contributed by atoms with Crippen molar-refractivity contribution in [3.05, 3.63) is 0 Å². The number of rotatable bonds is 1. The van der Waals surface area contributed by atoms with E-state index in [1.165, 1.54) is 0 Å². The van der Waals surface area contributed by atoms with Crippen LogP contribution in [0.5, 0.6) is 0 Å². The molecular weight excluding hydrogens is 147 g/mol. The van der Waals surface area contributed by atoms with Gasteiger partial charge in [-0.05, 0) is 14.0 Å². The van der Waals surface area contributed by atoms with Gasteiger partial charge in [-0.1, -0.05) is 0 Å². The summed E-state index contributed by atoms with van der Waals surface area (Å²) in [6.45, 7) is 5.12. The van der Waals surface area contributed by atoms with Crippen molar-refractivity contribution in [2.75, 3.05) is 33.7 Å². The maximum Gasteiger partial charge on any atom is 0.309 e. The molecule has 2 unspecified atom stereocenters. The topological polar surface area (TPSA) is 20.3 Å². The van der Waals surface area contributed by atoms with E-state index in [0.717, 1.165) is 23.9 Å². The Balaban J connectivity index is 2.73. The molecule has 0 aromatic carbocycles. The molecule has 4 heteroatoms. The summed E-state index contributed by atoms with van der Waals surface area (Å²) in [6.07, 6.45) is 0. The molecule has 0 aromatic rings. The molecule has 3 nitrogen and oxygen atoms in total. The summed E-state index contributed by atoms with van der Waals surface area (Å²) in [5.41, 5.74) is 0. The monoisotopic (exact) mass is 163 g/mol. The summed E-state index contributed by atoms with van der Waals surface area (Å²) in [5, 5.41) is 0. The highest BCUT2D eigenvalue weighted by Crippen LogP contribution is 2.41. The van der Waals surface area contributed by atoms with E-state index in [1.807, 2.05) is 11.7 Å². The van der Waals surface area contributed by atoms with Crippen LogP contribution in [-0.4, -0.2) is 42.7 Å². The highest BCUT2D eigenvalue weighted by atomic mass is 31.1. The number of hydrogen-bond donors (Lipinski definition) is 0. The van der Waals surface area contributed by atoms with Gasteiger partial charge in [0.2, 0.25) is 0 Å². The van der Waals surface area contributed by atoms with Crippen LogP contribution in [0.4, 0.5) is 0 Å². The normalized spacial score (nSPS) is 42.5. The molecule has 0 radical (unpaired) electrons. The first kappa shape index (κ1) is 8.25. The van der Waals surface area contributed by atoms with E-state index in [4.69, 9.17) is 0 Å². The summed E-state index contributed by atoms with van der Waals surface area (Å²) in [5.74, 6) is 0. The fraction of sp³-hybridized carbons (Fsp3) is 1.00. The zero-order chi connectivity index (χ0) is 7.78. The second-order valence-corrected chi connectivity index (χ2v) is 5.55. The van der Waals surface area contributed by atoms with Crippen molar-refractivity contribution >= 4 is 8.10 Å². The van der Waals surface area contributed by atoms with Crippen molar-refractivity contribution < 1.29 is 8.82 Å². The van der Waals surface area contributed by atoms with Crippen molar-refractivity contribution in [2.24, 2.45) is 0 Å². The van der Waals surface area contributed by atoms with Gasteiger partial charge in [0.15, 0.2) is 0 Å². The quantitative estimate of drug-likeness (QED) is 0.532. The van der Waals surface area contributed by atoms with E-state index in [-0.39, 0.29) is 0 Å². The first-order valence-electron chi connectivity index (χ1n) is 3.70. The molecule has 0 aromatic heterocycles. The maximum atomic E-state index is 11.5. The van der Waals surface area contributed by atoms with Crippen LogP contribution in [0.1, 0.15) is 6.92 Å². The first-order chi connectivity index (χ1) is 4.60. The third kappa shape index (κ3) is 1.14. The molecule has 60 valence electrons. The molecule has 1 aliphatic rings.